The molecule has 3 rings (SSSR count). The maximum atomic E-state index is 9.73. The zero-order valence-corrected chi connectivity index (χ0v) is 8.80. The highest BCUT2D eigenvalue weighted by atomic mass is 16.3. The van der Waals surface area contributed by atoms with Gasteiger partial charge in [0.1, 0.15) is 11.4 Å². The second-order valence-corrected chi connectivity index (χ2v) is 4.12. The number of benzene rings is 1. The van der Waals surface area contributed by atoms with E-state index in [4.69, 9.17) is 5.73 Å². The first-order valence-corrected chi connectivity index (χ1v) is 5.38. The van der Waals surface area contributed by atoms with Crippen molar-refractivity contribution in [3.8, 4) is 11.4 Å². The lowest BCUT2D eigenvalue weighted by molar-refractivity contribution is 0.470. The van der Waals surface area contributed by atoms with Crippen LogP contribution in [0.5, 0.6) is 5.75 Å². The molecule has 1 atom stereocenters. The lowest BCUT2D eigenvalue weighted by Crippen LogP contribution is -2.08. The Labute approximate surface area is 93.3 Å². The maximum Gasteiger partial charge on any atom is 0.141 e. The van der Waals surface area contributed by atoms with E-state index in [1.807, 2.05) is 18.3 Å². The fraction of sp³-hybridized carbons (Fsp3) is 0.250. The average Bonchev–Trinajstić information content (AvgIpc) is 2.82. The summed E-state index contributed by atoms with van der Waals surface area (Å²) in [5, 5.41) is 14.2. The SMILES string of the molecule is NC1CCc2cn(-c3ccccc3O)nc21. The van der Waals surface area contributed by atoms with Gasteiger partial charge < -0.3 is 10.8 Å². The summed E-state index contributed by atoms with van der Waals surface area (Å²) in [5.74, 6) is 0.234. The van der Waals surface area contributed by atoms with Crippen LogP contribution in [0.1, 0.15) is 23.7 Å². The molecule has 4 nitrogen and oxygen atoms in total. The largest absolute Gasteiger partial charge is 0.506 e. The van der Waals surface area contributed by atoms with Gasteiger partial charge in [0.2, 0.25) is 0 Å². The van der Waals surface area contributed by atoms with Crippen LogP contribution in [-0.2, 0) is 6.42 Å². The topological polar surface area (TPSA) is 64.1 Å². The molecule has 1 aromatic heterocycles. The molecule has 0 bridgehead atoms. The molecule has 0 spiro atoms. The van der Waals surface area contributed by atoms with Crippen LogP contribution >= 0.6 is 0 Å². The van der Waals surface area contributed by atoms with Gasteiger partial charge in [-0.3, -0.25) is 0 Å². The van der Waals surface area contributed by atoms with Crippen molar-refractivity contribution in [3.05, 3.63) is 41.7 Å². The minimum absolute atomic E-state index is 0.0436. The molecule has 0 aliphatic heterocycles. The molecule has 1 aliphatic rings. The summed E-state index contributed by atoms with van der Waals surface area (Å²) in [6.07, 6.45) is 3.90. The predicted molar refractivity (Wildman–Crippen MR) is 60.5 cm³/mol. The number of rotatable bonds is 1. The van der Waals surface area contributed by atoms with Crippen molar-refractivity contribution < 1.29 is 5.11 Å². The fourth-order valence-electron chi connectivity index (χ4n) is 2.16. The number of fused-ring (bicyclic) bond motifs is 1. The van der Waals surface area contributed by atoms with E-state index in [9.17, 15) is 5.11 Å². The highest BCUT2D eigenvalue weighted by molar-refractivity contribution is 5.46. The molecule has 2 aromatic rings. The molecule has 3 N–H and O–H groups in total. The smallest absolute Gasteiger partial charge is 0.141 e. The molecule has 0 radical (unpaired) electrons. The lowest BCUT2D eigenvalue weighted by Gasteiger charge is -2.05. The van der Waals surface area contributed by atoms with E-state index in [-0.39, 0.29) is 11.8 Å². The van der Waals surface area contributed by atoms with Crippen LogP contribution in [0.3, 0.4) is 0 Å². The molecule has 1 unspecified atom stereocenters. The van der Waals surface area contributed by atoms with E-state index < -0.39 is 0 Å². The zero-order valence-electron chi connectivity index (χ0n) is 8.80. The van der Waals surface area contributed by atoms with Gasteiger partial charge in [0.25, 0.3) is 0 Å². The van der Waals surface area contributed by atoms with E-state index in [2.05, 4.69) is 5.10 Å². The molecule has 16 heavy (non-hydrogen) atoms. The predicted octanol–water partition coefficient (Wildman–Crippen LogP) is 1.52. The van der Waals surface area contributed by atoms with Crippen LogP contribution in [0.2, 0.25) is 0 Å². The number of hydrogen-bond donors (Lipinski definition) is 2. The van der Waals surface area contributed by atoms with Gasteiger partial charge in [0, 0.05) is 12.2 Å². The van der Waals surface area contributed by atoms with Crippen LogP contribution in [0.25, 0.3) is 5.69 Å². The summed E-state index contributed by atoms with van der Waals surface area (Å²) in [6, 6.07) is 7.20. The van der Waals surface area contributed by atoms with E-state index in [1.54, 1.807) is 16.8 Å². The van der Waals surface area contributed by atoms with Gasteiger partial charge in [-0.05, 0) is 30.5 Å². The first-order chi connectivity index (χ1) is 7.75. The summed E-state index contributed by atoms with van der Waals surface area (Å²) in [5.41, 5.74) is 8.79. The van der Waals surface area contributed by atoms with Crippen LogP contribution < -0.4 is 5.73 Å². The summed E-state index contributed by atoms with van der Waals surface area (Å²) < 4.78 is 1.71. The minimum atomic E-state index is 0.0436. The zero-order chi connectivity index (χ0) is 11.1. The van der Waals surface area contributed by atoms with Gasteiger partial charge in [0.15, 0.2) is 0 Å². The van der Waals surface area contributed by atoms with Gasteiger partial charge in [-0.2, -0.15) is 5.10 Å². The number of nitrogens with zero attached hydrogens (tertiary/aromatic N) is 2. The van der Waals surface area contributed by atoms with Crippen molar-refractivity contribution in [1.82, 2.24) is 9.78 Å². The number of hydrogen-bond acceptors (Lipinski definition) is 3. The van der Waals surface area contributed by atoms with Crippen molar-refractivity contribution >= 4 is 0 Å². The Balaban J connectivity index is 2.09. The van der Waals surface area contributed by atoms with E-state index >= 15 is 0 Å². The Morgan fingerprint density at radius 1 is 1.38 bits per heavy atom. The Morgan fingerprint density at radius 2 is 2.19 bits per heavy atom. The van der Waals surface area contributed by atoms with E-state index in [0.717, 1.165) is 18.5 Å². The number of para-hydroxylation sites is 2. The Hall–Kier alpha value is -1.81. The van der Waals surface area contributed by atoms with Crippen LogP contribution in [0, 0.1) is 0 Å². The van der Waals surface area contributed by atoms with Crippen LogP contribution in [-0.4, -0.2) is 14.9 Å². The lowest BCUT2D eigenvalue weighted by atomic mass is 10.3. The molecular weight excluding hydrogens is 202 g/mol. The monoisotopic (exact) mass is 215 g/mol. The van der Waals surface area contributed by atoms with Crippen molar-refractivity contribution in [2.75, 3.05) is 0 Å². The third-order valence-electron chi connectivity index (χ3n) is 3.03. The normalized spacial score (nSPS) is 18.7. The van der Waals surface area contributed by atoms with E-state index in [1.165, 1.54) is 5.56 Å². The Morgan fingerprint density at radius 3 is 2.94 bits per heavy atom. The molecule has 0 amide bonds. The van der Waals surface area contributed by atoms with Crippen molar-refractivity contribution in [1.29, 1.82) is 0 Å². The molecular formula is C12H13N3O. The van der Waals surface area contributed by atoms with E-state index in [0.29, 0.717) is 5.69 Å². The number of aryl methyl sites for hydroxylation is 1. The molecule has 0 saturated heterocycles. The number of aromatic nitrogens is 2. The molecule has 4 heteroatoms. The number of phenolic OH excluding ortho intramolecular Hbond substituents is 1. The molecule has 1 aromatic carbocycles. The van der Waals surface area contributed by atoms with Gasteiger partial charge in [-0.1, -0.05) is 12.1 Å². The van der Waals surface area contributed by atoms with Crippen LogP contribution in [0.15, 0.2) is 30.5 Å². The average molecular weight is 215 g/mol. The molecule has 0 fully saturated rings. The summed E-state index contributed by atoms with van der Waals surface area (Å²) in [4.78, 5) is 0. The highest BCUT2D eigenvalue weighted by Crippen LogP contribution is 2.30. The quantitative estimate of drug-likeness (QED) is 0.758. The Kier molecular flexibility index (Phi) is 1.97. The summed E-state index contributed by atoms with van der Waals surface area (Å²) in [7, 11) is 0. The van der Waals surface area contributed by atoms with Crippen molar-refractivity contribution in [2.45, 2.75) is 18.9 Å². The third-order valence-corrected chi connectivity index (χ3v) is 3.03. The van der Waals surface area contributed by atoms with Gasteiger partial charge >= 0.3 is 0 Å². The first kappa shape index (κ1) is 9.42. The molecule has 1 aliphatic carbocycles. The van der Waals surface area contributed by atoms with Crippen molar-refractivity contribution in [2.24, 2.45) is 5.73 Å². The highest BCUT2D eigenvalue weighted by Gasteiger charge is 2.23. The second-order valence-electron chi connectivity index (χ2n) is 4.12. The number of nitrogens with two attached hydrogens (primary N) is 1. The fourth-order valence-corrected chi connectivity index (χ4v) is 2.16. The number of aromatic hydroxyl groups is 1. The summed E-state index contributed by atoms with van der Waals surface area (Å²) in [6.45, 7) is 0. The van der Waals surface area contributed by atoms with Gasteiger partial charge in [-0.25, -0.2) is 4.68 Å². The van der Waals surface area contributed by atoms with Gasteiger partial charge in [-0.15, -0.1) is 0 Å². The molecule has 1 heterocycles. The number of phenols is 1. The maximum absolute atomic E-state index is 9.73. The Bertz CT molecular complexity index is 533. The second kappa shape index (κ2) is 3.35. The minimum Gasteiger partial charge on any atom is -0.506 e. The van der Waals surface area contributed by atoms with Crippen LogP contribution in [0.4, 0.5) is 0 Å². The molecule has 0 saturated carbocycles. The summed E-state index contributed by atoms with van der Waals surface area (Å²) >= 11 is 0. The van der Waals surface area contributed by atoms with Crippen molar-refractivity contribution in [3.63, 3.8) is 0 Å². The third kappa shape index (κ3) is 1.31. The first-order valence-electron chi connectivity index (χ1n) is 5.38. The molecule has 82 valence electrons. The standard InChI is InChI=1S/C12H13N3O/c13-9-6-5-8-7-15(14-12(8)9)10-3-1-2-4-11(10)16/h1-4,7,9,16H,5-6,13H2. The van der Waals surface area contributed by atoms with Gasteiger partial charge in [0.05, 0.1) is 5.69 Å².